The van der Waals surface area contributed by atoms with E-state index in [1.54, 1.807) is 0 Å². The minimum absolute atomic E-state index is 0. The second-order valence-corrected chi connectivity index (χ2v) is 11.6. The Labute approximate surface area is 195 Å². The predicted octanol–water partition coefficient (Wildman–Crippen LogP) is 0.461. The first kappa shape index (κ1) is 29.7. The average molecular weight is 465 g/mol. The summed E-state index contributed by atoms with van der Waals surface area (Å²) in [5, 5.41) is 0. The third-order valence-corrected chi connectivity index (χ3v) is 7.59. The third kappa shape index (κ3) is 8.38. The maximum absolute atomic E-state index is 12.7. The van der Waals surface area contributed by atoms with Crippen molar-refractivity contribution in [3.8, 4) is 0 Å². The van der Waals surface area contributed by atoms with E-state index in [0.717, 1.165) is 25.7 Å². The molecule has 0 aliphatic heterocycles. The number of halogens is 2. The Morgan fingerprint density at radius 3 is 2.11 bits per heavy atom. The summed E-state index contributed by atoms with van der Waals surface area (Å²) in [5.41, 5.74) is 9.02. The molecule has 0 saturated heterocycles. The smallest absolute Gasteiger partial charge is 1.00 e. The number of amides is 1. The number of carbonyl (C=O) groups excluding carboxylic acids is 1. The maximum atomic E-state index is 12.7. The third-order valence-electron chi connectivity index (χ3n) is 6.08. The molecule has 2 aliphatic carbocycles. The Hall–Kier alpha value is 0.461. The van der Waals surface area contributed by atoms with Gasteiger partial charge in [0.1, 0.15) is 0 Å². The first-order chi connectivity index (χ1) is 11.6. The van der Waals surface area contributed by atoms with E-state index in [-0.39, 0.29) is 52.4 Å². The van der Waals surface area contributed by atoms with Gasteiger partial charge in [-0.15, -0.1) is 0 Å². The van der Waals surface area contributed by atoms with Crippen LogP contribution in [-0.2, 0) is 26.5 Å². The van der Waals surface area contributed by atoms with E-state index < -0.39 is 14.2 Å². The van der Waals surface area contributed by atoms with Crippen LogP contribution in [0.15, 0.2) is 23.8 Å². The van der Waals surface area contributed by atoms with Crippen LogP contribution in [-0.4, -0.2) is 14.7 Å². The van der Waals surface area contributed by atoms with Crippen molar-refractivity contribution < 1.29 is 51.3 Å². The van der Waals surface area contributed by atoms with Crippen molar-refractivity contribution in [2.45, 2.75) is 89.8 Å². The first-order valence-corrected chi connectivity index (χ1v) is 13.3. The van der Waals surface area contributed by atoms with E-state index in [1.165, 1.54) is 56.6 Å². The summed E-state index contributed by atoms with van der Waals surface area (Å²) in [6.45, 7) is 4.80. The summed E-state index contributed by atoms with van der Waals surface area (Å²) in [6.07, 6.45) is 19.6. The van der Waals surface area contributed by atoms with Gasteiger partial charge in [0, 0.05) is 14.2 Å². The number of allylic oxidation sites excluding steroid dienone is 3. The molecule has 1 radical (unpaired) electrons. The quantitative estimate of drug-likeness (QED) is 0.557. The van der Waals surface area contributed by atoms with Crippen molar-refractivity contribution in [3.05, 3.63) is 29.5 Å². The van der Waals surface area contributed by atoms with Gasteiger partial charge in [-0.1, -0.05) is 94.3 Å². The Balaban J connectivity index is 0. The fraction of sp³-hybridized carbons (Fsp3) is 0.762. The first-order valence-electron chi connectivity index (χ1n) is 10.2. The second-order valence-electron chi connectivity index (χ2n) is 8.32. The van der Waals surface area contributed by atoms with Crippen LogP contribution in [0.25, 0.3) is 5.73 Å². The van der Waals surface area contributed by atoms with Crippen LogP contribution in [0.5, 0.6) is 0 Å². The Bertz CT molecular complexity index is 485. The van der Waals surface area contributed by atoms with Crippen LogP contribution < -0.4 is 24.8 Å². The molecule has 1 saturated carbocycles. The predicted molar refractivity (Wildman–Crippen MR) is 107 cm³/mol. The van der Waals surface area contributed by atoms with Crippen LogP contribution in [0.3, 0.4) is 0 Å². The van der Waals surface area contributed by atoms with Crippen LogP contribution in [0.1, 0.15) is 70.6 Å². The van der Waals surface area contributed by atoms with E-state index in [0.29, 0.717) is 5.92 Å². The minimum atomic E-state index is -0.774. The monoisotopic (exact) mass is 464 g/mol. The Morgan fingerprint density at radius 1 is 1.07 bits per heavy atom. The normalized spacial score (nSPS) is 26.5. The van der Waals surface area contributed by atoms with Gasteiger partial charge in [0.15, 0.2) is 0 Å². The van der Waals surface area contributed by atoms with Gasteiger partial charge < -0.3 is 35.3 Å². The van der Waals surface area contributed by atoms with Crippen LogP contribution in [0.2, 0.25) is 19.1 Å². The summed E-state index contributed by atoms with van der Waals surface area (Å²) >= 11 is 0. The molecule has 1 amide bonds. The van der Waals surface area contributed by atoms with Crippen molar-refractivity contribution >= 4 is 14.7 Å². The van der Waals surface area contributed by atoms with Gasteiger partial charge in [-0.2, -0.15) is 0 Å². The van der Waals surface area contributed by atoms with Crippen molar-refractivity contribution in [2.24, 2.45) is 11.3 Å². The van der Waals surface area contributed by atoms with E-state index in [1.807, 2.05) is 0 Å². The molecular formula is C21H36Cl2NOSiTi. The number of hydrogen-bond donors (Lipinski definition) is 0. The molecule has 2 nitrogen and oxygen atoms in total. The van der Waals surface area contributed by atoms with Crippen molar-refractivity contribution in [1.82, 2.24) is 0 Å². The summed E-state index contributed by atoms with van der Waals surface area (Å²) in [7, 11) is -0.774. The Morgan fingerprint density at radius 2 is 1.63 bits per heavy atom. The summed E-state index contributed by atoms with van der Waals surface area (Å²) in [4.78, 5) is 12.7. The van der Waals surface area contributed by atoms with Gasteiger partial charge in [-0.25, -0.2) is 0 Å². The fourth-order valence-electron chi connectivity index (χ4n) is 4.84. The topological polar surface area (TPSA) is 40.9 Å². The van der Waals surface area contributed by atoms with Gasteiger partial charge in [0.25, 0.3) is 0 Å². The van der Waals surface area contributed by atoms with Crippen molar-refractivity contribution in [3.63, 3.8) is 0 Å². The molecule has 0 spiro atoms. The number of carbonyl (C=O) groups is 1. The zero-order chi connectivity index (χ0) is 17.4. The number of hydrogen-bond acceptors (Lipinski definition) is 1. The largest absolute Gasteiger partial charge is 3.00 e. The standard InChI is InChI=1S/C21H37NOSi.2ClH.Ti/c1-24(2)17-19-15-9-7-5-3-4-6-8-12-16-21(19,20(22)23)18-13-10-11-14-18;;;/h10-11,13,19,24H,3-9,12,14-17H2,1-2H3,(H2,22,23);2*1H;/q;;;+3/p-3. The van der Waals surface area contributed by atoms with Gasteiger partial charge in [-0.05, 0) is 25.2 Å². The van der Waals surface area contributed by atoms with Crippen molar-refractivity contribution in [1.29, 1.82) is 0 Å². The molecule has 0 heterocycles. The molecule has 27 heavy (non-hydrogen) atoms. The van der Waals surface area contributed by atoms with Gasteiger partial charge in [0.05, 0.1) is 5.91 Å². The van der Waals surface area contributed by atoms with Crippen LogP contribution in [0, 0.1) is 11.3 Å². The molecule has 6 heteroatoms. The molecule has 153 valence electrons. The van der Waals surface area contributed by atoms with Crippen LogP contribution in [0.4, 0.5) is 0 Å². The van der Waals surface area contributed by atoms with Gasteiger partial charge >= 0.3 is 21.7 Å². The molecule has 0 bridgehead atoms. The zero-order valence-electron chi connectivity index (χ0n) is 17.0. The minimum Gasteiger partial charge on any atom is -1.00 e. The van der Waals surface area contributed by atoms with Gasteiger partial charge in [0.2, 0.25) is 0 Å². The number of nitrogens with one attached hydrogen (secondary N) is 1. The van der Waals surface area contributed by atoms with E-state index in [2.05, 4.69) is 31.3 Å². The average Bonchev–Trinajstić information content (AvgIpc) is 3.04. The molecule has 1 N–H and O–H groups in total. The van der Waals surface area contributed by atoms with E-state index in [9.17, 15) is 4.79 Å². The van der Waals surface area contributed by atoms with E-state index in [4.69, 9.17) is 5.73 Å². The molecule has 0 aromatic heterocycles. The molecule has 1 fully saturated rings. The summed E-state index contributed by atoms with van der Waals surface area (Å²) in [5.74, 6) is 0.105. The molecule has 0 aromatic rings. The van der Waals surface area contributed by atoms with Gasteiger partial charge in [-0.3, -0.25) is 0 Å². The molecular weight excluding hydrogens is 429 g/mol. The Kier molecular flexibility index (Phi) is 16.8. The second kappa shape index (κ2) is 15.3. The molecule has 2 rings (SSSR count). The molecule has 0 aromatic carbocycles. The maximum Gasteiger partial charge on any atom is 3.00 e. The fourth-order valence-corrected chi connectivity index (χ4v) is 6.62. The zero-order valence-corrected chi connectivity index (χ0v) is 21.3. The molecule has 2 aliphatic rings. The summed E-state index contributed by atoms with van der Waals surface area (Å²) in [6, 6.07) is 1.21. The molecule has 2 atom stereocenters. The SMILES string of the molecule is C[SiH](C)CC1CCCCCCCCCCC1(C([NH-])=O)C1=CC=CC1.[Cl-].[Cl-].[Ti+3]. The molecule has 2 unspecified atom stereocenters. The van der Waals surface area contributed by atoms with Crippen molar-refractivity contribution in [2.75, 3.05) is 0 Å². The number of rotatable bonds is 4. The van der Waals surface area contributed by atoms with Crippen LogP contribution >= 0.6 is 0 Å². The van der Waals surface area contributed by atoms with E-state index >= 15 is 0 Å². The summed E-state index contributed by atoms with van der Waals surface area (Å²) < 4.78 is 0.